The molecule has 0 aliphatic heterocycles. The Morgan fingerprint density at radius 3 is 2.72 bits per heavy atom. The first kappa shape index (κ1) is 14.6. The average Bonchev–Trinajstić information content (AvgIpc) is 2.39. The van der Waals surface area contributed by atoms with Crippen molar-refractivity contribution >= 4 is 5.97 Å². The van der Waals surface area contributed by atoms with Crippen LogP contribution in [0.2, 0.25) is 0 Å². The first-order valence-corrected chi connectivity index (χ1v) is 5.73. The quantitative estimate of drug-likeness (QED) is 0.777. The van der Waals surface area contributed by atoms with Crippen LogP contribution in [-0.2, 0) is 19.7 Å². The van der Waals surface area contributed by atoms with Crippen molar-refractivity contribution < 1.29 is 18.7 Å². The van der Waals surface area contributed by atoms with Crippen molar-refractivity contribution in [3.05, 3.63) is 35.6 Å². The number of ether oxygens (including phenoxy) is 2. The third-order valence-electron chi connectivity index (χ3n) is 2.85. The first-order chi connectivity index (χ1) is 8.60. The van der Waals surface area contributed by atoms with Crippen LogP contribution in [0.3, 0.4) is 0 Å². The van der Waals surface area contributed by atoms with Crippen LogP contribution in [0.4, 0.5) is 4.39 Å². The van der Waals surface area contributed by atoms with Crippen LogP contribution in [0, 0.1) is 5.82 Å². The zero-order chi connectivity index (χ0) is 13.6. The molecular formula is C13H18FNO3. The Kier molecular flexibility index (Phi) is 5.25. The molecule has 1 aromatic rings. The molecular weight excluding hydrogens is 237 g/mol. The fourth-order valence-electron chi connectivity index (χ4n) is 1.78. The number of methoxy groups -OCH3 is 1. The lowest BCUT2D eigenvalue weighted by molar-refractivity contribution is -0.149. The average molecular weight is 255 g/mol. The number of halogens is 1. The van der Waals surface area contributed by atoms with Gasteiger partial charge < -0.3 is 15.2 Å². The number of carbonyl (C=O) groups excluding carboxylic acids is 1. The lowest BCUT2D eigenvalue weighted by atomic mass is 9.81. The van der Waals surface area contributed by atoms with E-state index in [9.17, 15) is 9.18 Å². The molecule has 100 valence electrons. The van der Waals surface area contributed by atoms with E-state index in [1.54, 1.807) is 6.07 Å². The van der Waals surface area contributed by atoms with Crippen LogP contribution in [0.15, 0.2) is 24.3 Å². The molecule has 2 N–H and O–H groups in total. The van der Waals surface area contributed by atoms with Crippen molar-refractivity contribution in [2.24, 2.45) is 5.73 Å². The summed E-state index contributed by atoms with van der Waals surface area (Å²) >= 11 is 0. The Morgan fingerprint density at radius 2 is 2.22 bits per heavy atom. The topological polar surface area (TPSA) is 61.5 Å². The zero-order valence-corrected chi connectivity index (χ0v) is 10.6. The second kappa shape index (κ2) is 6.47. The minimum atomic E-state index is -1.16. The van der Waals surface area contributed by atoms with E-state index in [1.807, 2.05) is 6.92 Å². The Bertz CT molecular complexity index is 411. The van der Waals surface area contributed by atoms with E-state index in [2.05, 4.69) is 0 Å². The predicted octanol–water partition coefficient (Wildman–Crippen LogP) is 1.23. The van der Waals surface area contributed by atoms with Gasteiger partial charge in [0, 0.05) is 13.2 Å². The highest BCUT2D eigenvalue weighted by molar-refractivity contribution is 5.83. The summed E-state index contributed by atoms with van der Waals surface area (Å²) in [5.74, 6) is -0.949. The van der Waals surface area contributed by atoms with Gasteiger partial charge in [0.15, 0.2) is 0 Å². The van der Waals surface area contributed by atoms with Crippen LogP contribution in [0.25, 0.3) is 0 Å². The molecule has 0 aliphatic carbocycles. The van der Waals surface area contributed by atoms with Crippen LogP contribution in [0.5, 0.6) is 0 Å². The summed E-state index contributed by atoms with van der Waals surface area (Å²) in [4.78, 5) is 12.0. The van der Waals surface area contributed by atoms with Crippen LogP contribution in [-0.4, -0.2) is 32.8 Å². The van der Waals surface area contributed by atoms with Crippen molar-refractivity contribution in [2.75, 3.05) is 26.9 Å². The van der Waals surface area contributed by atoms with Crippen molar-refractivity contribution in [3.8, 4) is 0 Å². The molecule has 0 radical (unpaired) electrons. The fraction of sp³-hybridized carbons (Fsp3) is 0.462. The molecule has 1 unspecified atom stereocenters. The number of esters is 1. The molecule has 0 saturated heterocycles. The maximum atomic E-state index is 13.3. The molecule has 0 aromatic heterocycles. The third kappa shape index (κ3) is 2.86. The smallest absolute Gasteiger partial charge is 0.319 e. The maximum Gasteiger partial charge on any atom is 0.319 e. The van der Waals surface area contributed by atoms with Gasteiger partial charge in [-0.15, -0.1) is 0 Å². The summed E-state index contributed by atoms with van der Waals surface area (Å²) in [5, 5.41) is 0. The summed E-state index contributed by atoms with van der Waals surface area (Å²) in [7, 11) is 1.28. The summed E-state index contributed by atoms with van der Waals surface area (Å²) < 4.78 is 23.4. The number of hydrogen-bond acceptors (Lipinski definition) is 4. The minimum absolute atomic E-state index is 0.0108. The fourth-order valence-corrected chi connectivity index (χ4v) is 1.78. The van der Waals surface area contributed by atoms with E-state index in [-0.39, 0.29) is 13.2 Å². The van der Waals surface area contributed by atoms with Crippen LogP contribution in [0.1, 0.15) is 12.5 Å². The first-order valence-electron chi connectivity index (χ1n) is 5.73. The molecule has 0 aliphatic rings. The normalized spacial score (nSPS) is 14.0. The van der Waals surface area contributed by atoms with Crippen molar-refractivity contribution in [1.82, 2.24) is 0 Å². The van der Waals surface area contributed by atoms with Gasteiger partial charge in [0.1, 0.15) is 11.2 Å². The summed E-state index contributed by atoms with van der Waals surface area (Å²) in [6.45, 7) is 2.30. The lowest BCUT2D eigenvalue weighted by Crippen LogP contribution is -2.47. The summed E-state index contributed by atoms with van der Waals surface area (Å²) in [5.41, 5.74) is 5.01. The molecule has 4 nitrogen and oxygen atoms in total. The Labute approximate surface area is 106 Å². The van der Waals surface area contributed by atoms with Crippen molar-refractivity contribution in [3.63, 3.8) is 0 Å². The highest BCUT2D eigenvalue weighted by atomic mass is 19.1. The highest BCUT2D eigenvalue weighted by Crippen LogP contribution is 2.26. The van der Waals surface area contributed by atoms with Gasteiger partial charge in [-0.05, 0) is 24.6 Å². The van der Waals surface area contributed by atoms with Crippen molar-refractivity contribution in [1.29, 1.82) is 0 Å². The molecule has 0 heterocycles. The van der Waals surface area contributed by atoms with Gasteiger partial charge in [-0.3, -0.25) is 4.79 Å². The molecule has 1 rings (SSSR count). The zero-order valence-electron chi connectivity index (χ0n) is 10.6. The van der Waals surface area contributed by atoms with Crippen molar-refractivity contribution in [2.45, 2.75) is 12.3 Å². The third-order valence-corrected chi connectivity index (χ3v) is 2.85. The van der Waals surface area contributed by atoms with Crippen LogP contribution < -0.4 is 5.73 Å². The monoisotopic (exact) mass is 255 g/mol. The van der Waals surface area contributed by atoms with Gasteiger partial charge in [0.05, 0.1) is 13.7 Å². The molecule has 0 saturated carbocycles. The standard InChI is InChI=1S/C13H18FNO3/c1-3-18-9-13(8-15,12(16)17-2)10-5-4-6-11(14)7-10/h4-7H,3,8-9,15H2,1-2H3. The largest absolute Gasteiger partial charge is 0.468 e. The number of nitrogens with two attached hydrogens (primary N) is 1. The number of hydrogen-bond donors (Lipinski definition) is 1. The maximum absolute atomic E-state index is 13.3. The summed E-state index contributed by atoms with van der Waals surface area (Å²) in [6, 6.07) is 5.77. The molecule has 0 amide bonds. The molecule has 0 fully saturated rings. The second-order valence-corrected chi connectivity index (χ2v) is 3.93. The molecule has 0 spiro atoms. The van der Waals surface area contributed by atoms with Gasteiger partial charge in [-0.25, -0.2) is 4.39 Å². The number of benzene rings is 1. The Morgan fingerprint density at radius 1 is 1.50 bits per heavy atom. The predicted molar refractivity (Wildman–Crippen MR) is 65.6 cm³/mol. The number of carbonyl (C=O) groups is 1. The van der Waals surface area contributed by atoms with Gasteiger partial charge in [0.25, 0.3) is 0 Å². The lowest BCUT2D eigenvalue weighted by Gasteiger charge is -2.29. The summed E-state index contributed by atoms with van der Waals surface area (Å²) in [6.07, 6.45) is 0. The van der Waals surface area contributed by atoms with E-state index in [0.29, 0.717) is 12.2 Å². The van der Waals surface area contributed by atoms with Gasteiger partial charge in [0.2, 0.25) is 0 Å². The molecule has 1 aromatic carbocycles. The Balaban J connectivity index is 3.20. The Hall–Kier alpha value is -1.46. The SMILES string of the molecule is CCOCC(CN)(C(=O)OC)c1cccc(F)c1. The van der Waals surface area contributed by atoms with E-state index >= 15 is 0 Å². The van der Waals surface area contributed by atoms with E-state index in [1.165, 1.54) is 25.3 Å². The molecule has 5 heteroatoms. The number of rotatable bonds is 6. The highest BCUT2D eigenvalue weighted by Gasteiger charge is 2.40. The van der Waals surface area contributed by atoms with Gasteiger partial charge in [-0.1, -0.05) is 12.1 Å². The van der Waals surface area contributed by atoms with E-state index in [0.717, 1.165) is 0 Å². The minimum Gasteiger partial charge on any atom is -0.468 e. The van der Waals surface area contributed by atoms with E-state index < -0.39 is 17.2 Å². The molecule has 18 heavy (non-hydrogen) atoms. The van der Waals surface area contributed by atoms with Gasteiger partial charge >= 0.3 is 5.97 Å². The molecule has 1 atom stereocenters. The van der Waals surface area contributed by atoms with Gasteiger partial charge in [-0.2, -0.15) is 0 Å². The van der Waals surface area contributed by atoms with E-state index in [4.69, 9.17) is 15.2 Å². The second-order valence-electron chi connectivity index (χ2n) is 3.93. The molecule has 0 bridgehead atoms. The van der Waals surface area contributed by atoms with Crippen LogP contribution >= 0.6 is 0 Å².